The van der Waals surface area contributed by atoms with Gasteiger partial charge >= 0.3 is 0 Å². The molecule has 0 bridgehead atoms. The number of hydrogen-bond acceptors (Lipinski definition) is 3. The predicted molar refractivity (Wildman–Crippen MR) is 109 cm³/mol. The molecule has 0 saturated carbocycles. The summed E-state index contributed by atoms with van der Waals surface area (Å²) in [5.41, 5.74) is 7.21. The summed E-state index contributed by atoms with van der Waals surface area (Å²) >= 11 is 0. The van der Waals surface area contributed by atoms with Crippen molar-refractivity contribution in [3.05, 3.63) is 66.1 Å². The van der Waals surface area contributed by atoms with Crippen LogP contribution in [0.3, 0.4) is 0 Å². The molecule has 0 unspecified atom stereocenters. The van der Waals surface area contributed by atoms with Crippen molar-refractivity contribution in [1.82, 2.24) is 0 Å². The van der Waals surface area contributed by atoms with Crippen molar-refractivity contribution >= 4 is 27.5 Å². The van der Waals surface area contributed by atoms with Crippen LogP contribution in [0.25, 0.3) is 6.08 Å². The Hall–Kier alpha value is -2.27. The van der Waals surface area contributed by atoms with E-state index in [-0.39, 0.29) is 4.91 Å². The van der Waals surface area contributed by atoms with Crippen LogP contribution in [0, 0.1) is 0 Å². The Morgan fingerprint density at radius 1 is 1.12 bits per heavy atom. The van der Waals surface area contributed by atoms with Gasteiger partial charge in [-0.1, -0.05) is 71.2 Å². The fourth-order valence-corrected chi connectivity index (χ4v) is 2.37. The number of anilines is 2. The molecule has 0 aliphatic rings. The van der Waals surface area contributed by atoms with E-state index in [0.717, 1.165) is 0 Å². The molecule has 0 amide bonds. The molecule has 0 heterocycles. The third kappa shape index (κ3) is 7.83. The summed E-state index contributed by atoms with van der Waals surface area (Å²) in [7, 11) is -3.62. The number of benzene rings is 1. The molecule has 3 N–H and O–H groups in total. The molecule has 24 heavy (non-hydrogen) atoms. The Labute approximate surface area is 147 Å². The van der Waals surface area contributed by atoms with Crippen LogP contribution in [0.5, 0.6) is 0 Å². The van der Waals surface area contributed by atoms with Crippen LogP contribution < -0.4 is 10.5 Å². The first-order valence-electron chi connectivity index (χ1n) is 7.92. The Bertz CT molecular complexity index is 673. The van der Waals surface area contributed by atoms with Crippen LogP contribution in [-0.2, 0) is 10.0 Å². The highest BCUT2D eigenvalue weighted by molar-refractivity contribution is 7.96. The second-order valence-electron chi connectivity index (χ2n) is 4.02. The van der Waals surface area contributed by atoms with Crippen molar-refractivity contribution in [2.75, 3.05) is 10.5 Å². The van der Waals surface area contributed by atoms with Gasteiger partial charge < -0.3 is 5.73 Å². The monoisotopic (exact) mass is 350 g/mol. The molecule has 4 nitrogen and oxygen atoms in total. The average molecular weight is 351 g/mol. The minimum absolute atomic E-state index is 0.188. The van der Waals surface area contributed by atoms with Gasteiger partial charge in [0.05, 0.1) is 10.6 Å². The number of hydrogen-bond donors (Lipinski definition) is 2. The van der Waals surface area contributed by atoms with Crippen molar-refractivity contribution in [1.29, 1.82) is 0 Å². The van der Waals surface area contributed by atoms with Crippen LogP contribution in [-0.4, -0.2) is 8.42 Å². The van der Waals surface area contributed by atoms with Gasteiger partial charge in [0.1, 0.15) is 0 Å². The normalized spacial score (nSPS) is 10.8. The van der Waals surface area contributed by atoms with Crippen LogP contribution in [0.15, 0.2) is 60.6 Å². The van der Waals surface area contributed by atoms with Crippen molar-refractivity contribution in [2.45, 2.75) is 34.6 Å². The van der Waals surface area contributed by atoms with Crippen LogP contribution in [0.1, 0.15) is 40.2 Å². The Balaban J connectivity index is 0. The topological polar surface area (TPSA) is 72.2 Å². The van der Waals surface area contributed by atoms with Gasteiger partial charge in [0.2, 0.25) is 0 Å². The molecule has 0 spiro atoms. The standard InChI is InChI=1S/C15H18N2O2S.2C2H6/c1-4-6-7-9-12(3)20(18,19)17-15-11-8-10-14(16)13(15)5-2;2*1-2/h4-11,17H,1-2,16H2,3H3;2*1-2H3/b7-6-,12-9+;;. The summed E-state index contributed by atoms with van der Waals surface area (Å²) in [6, 6.07) is 5.00. The number of sulfonamides is 1. The van der Waals surface area contributed by atoms with Crippen LogP contribution in [0.4, 0.5) is 11.4 Å². The minimum Gasteiger partial charge on any atom is -0.398 e. The molecule has 0 aromatic heterocycles. The predicted octanol–water partition coefficient (Wildman–Crippen LogP) is 5.35. The zero-order valence-electron chi connectivity index (χ0n) is 15.3. The molecule has 1 rings (SSSR count). The summed E-state index contributed by atoms with van der Waals surface area (Å²) in [4.78, 5) is 0.188. The zero-order valence-corrected chi connectivity index (χ0v) is 16.2. The van der Waals surface area contributed by atoms with Crippen molar-refractivity contribution < 1.29 is 8.42 Å². The van der Waals surface area contributed by atoms with Gasteiger partial charge in [-0.3, -0.25) is 4.72 Å². The zero-order chi connectivity index (χ0) is 19.2. The summed E-state index contributed by atoms with van der Waals surface area (Å²) in [5.74, 6) is 0. The molecule has 0 atom stereocenters. The highest BCUT2D eigenvalue weighted by Crippen LogP contribution is 2.25. The van der Waals surface area contributed by atoms with Gasteiger partial charge in [0.25, 0.3) is 10.0 Å². The Kier molecular flexibility index (Phi) is 13.2. The Morgan fingerprint density at radius 3 is 2.21 bits per heavy atom. The fourth-order valence-electron chi connectivity index (χ4n) is 1.48. The van der Waals surface area contributed by atoms with E-state index in [0.29, 0.717) is 16.9 Å². The second-order valence-corrected chi connectivity index (χ2v) is 5.87. The van der Waals surface area contributed by atoms with E-state index in [1.165, 1.54) is 19.1 Å². The Morgan fingerprint density at radius 2 is 1.71 bits per heavy atom. The van der Waals surface area contributed by atoms with Gasteiger partial charge in [-0.15, -0.1) is 0 Å². The maximum absolute atomic E-state index is 12.2. The van der Waals surface area contributed by atoms with E-state index < -0.39 is 10.0 Å². The summed E-state index contributed by atoms with van der Waals surface area (Å²) in [6.45, 7) is 16.7. The lowest BCUT2D eigenvalue weighted by atomic mass is 10.1. The largest absolute Gasteiger partial charge is 0.398 e. The van der Waals surface area contributed by atoms with E-state index in [1.807, 2.05) is 27.7 Å². The van der Waals surface area contributed by atoms with E-state index in [1.54, 1.807) is 36.4 Å². The number of nitrogen functional groups attached to an aromatic ring is 1. The summed E-state index contributed by atoms with van der Waals surface area (Å²) < 4.78 is 26.8. The van der Waals surface area contributed by atoms with Gasteiger partial charge in [-0.25, -0.2) is 8.42 Å². The molecule has 0 fully saturated rings. The molecular weight excluding hydrogens is 320 g/mol. The van der Waals surface area contributed by atoms with Crippen LogP contribution in [0.2, 0.25) is 0 Å². The second kappa shape index (κ2) is 13.2. The van der Waals surface area contributed by atoms with Gasteiger partial charge in [-0.2, -0.15) is 0 Å². The first-order chi connectivity index (χ1) is 11.4. The van der Waals surface area contributed by atoms with E-state index >= 15 is 0 Å². The first kappa shape index (κ1) is 24.0. The molecule has 134 valence electrons. The quantitative estimate of drug-likeness (QED) is 0.536. The lowest BCUT2D eigenvalue weighted by Gasteiger charge is -2.12. The fraction of sp³-hybridized carbons (Fsp3) is 0.263. The first-order valence-corrected chi connectivity index (χ1v) is 9.40. The van der Waals surface area contributed by atoms with Crippen LogP contribution >= 0.6 is 0 Å². The SMILES string of the molecule is C=C/C=C\C=C(/C)S(=O)(=O)Nc1cccc(N)c1C=C.CC.CC. The highest BCUT2D eigenvalue weighted by Gasteiger charge is 2.14. The molecular formula is C19H30N2O2S. The van der Waals surface area contributed by atoms with Gasteiger partial charge in [0.15, 0.2) is 0 Å². The molecule has 1 aromatic carbocycles. The lowest BCUT2D eigenvalue weighted by Crippen LogP contribution is -2.14. The highest BCUT2D eigenvalue weighted by atomic mass is 32.2. The molecule has 0 radical (unpaired) electrons. The van der Waals surface area contributed by atoms with Gasteiger partial charge in [0, 0.05) is 11.3 Å². The third-order valence-corrected chi connectivity index (χ3v) is 4.06. The van der Waals surface area contributed by atoms with Gasteiger partial charge in [-0.05, 0) is 25.1 Å². The molecule has 1 aromatic rings. The smallest absolute Gasteiger partial charge is 0.257 e. The maximum atomic E-state index is 12.2. The number of allylic oxidation sites excluding steroid dienone is 5. The molecule has 0 aliphatic heterocycles. The summed E-state index contributed by atoms with van der Waals surface area (Å²) in [6.07, 6.45) is 7.83. The third-order valence-electron chi connectivity index (χ3n) is 2.59. The molecule has 5 heteroatoms. The van der Waals surface area contributed by atoms with Crippen molar-refractivity contribution in [2.24, 2.45) is 0 Å². The van der Waals surface area contributed by atoms with E-state index in [4.69, 9.17) is 5.73 Å². The molecule has 0 aliphatic carbocycles. The molecule has 0 saturated heterocycles. The van der Waals surface area contributed by atoms with Crippen molar-refractivity contribution in [3.8, 4) is 0 Å². The number of nitrogens with one attached hydrogen (secondary N) is 1. The summed E-state index contributed by atoms with van der Waals surface area (Å²) in [5, 5.41) is 0. The maximum Gasteiger partial charge on any atom is 0.257 e. The van der Waals surface area contributed by atoms with Crippen molar-refractivity contribution in [3.63, 3.8) is 0 Å². The lowest BCUT2D eigenvalue weighted by molar-refractivity contribution is 0.607. The minimum atomic E-state index is -3.62. The number of rotatable bonds is 6. The van der Waals surface area contributed by atoms with E-state index in [9.17, 15) is 8.42 Å². The van der Waals surface area contributed by atoms with E-state index in [2.05, 4.69) is 17.9 Å². The average Bonchev–Trinajstić information content (AvgIpc) is 2.58. The number of nitrogens with two attached hydrogens (primary N) is 1.